The molecule has 4 heterocycles. The molecule has 12 rings (SSSR count). The summed E-state index contributed by atoms with van der Waals surface area (Å²) in [5, 5.41) is 0. The molecule has 0 saturated carbocycles. The predicted molar refractivity (Wildman–Crippen MR) is 388 cm³/mol. The van der Waals surface area contributed by atoms with E-state index in [0.29, 0.717) is 16.7 Å². The Morgan fingerprint density at radius 2 is 0.489 bits per heavy atom. The second-order valence-electron chi connectivity index (χ2n) is 22.4. The van der Waals surface area contributed by atoms with Crippen molar-refractivity contribution in [2.75, 3.05) is 0 Å². The van der Waals surface area contributed by atoms with Crippen molar-refractivity contribution in [3.05, 3.63) is 311 Å². The SMILES string of the molecule is C.C.C.C.Cc1ccc(-c2ccc(-c3ccccc3)cc2C)[n+](C)c1.[2H]C([2H])([2H])c1c[n+](C)c(-c2ccc(-c3ccccc3)cc2C)cc1C.[2H]C([2H])([2H])c1c[n+](C)c(-c2ccc(-c3ccccc3)cc2C)cc1C.[2H]C([2H])([2H])c1ccc(-c2ccc(-c3ccccc3)cc2C)[n+](C)c1. The van der Waals surface area contributed by atoms with Crippen molar-refractivity contribution in [2.45, 2.75) is 98.7 Å². The molecule has 0 aliphatic rings. The van der Waals surface area contributed by atoms with E-state index >= 15 is 0 Å². The standard InChI is InChI=1S/2C21H22N.2C20H20N.4CH4/c2*1-15-13-21(22(4)14-17(15)3)20-11-10-19(12-16(20)2)18-8-6-5-7-9-18;2*1-15-9-12-20(21(3)14-15)19-11-10-18(13-16(19)2)17-7-5-4-6-8-17;;;;/h2*5-14H,1-4H3;2*4-14H,1-3H3;4*1H4/q4*+1;;;;/i2*3D3;1D3;;;;;. The summed E-state index contributed by atoms with van der Waals surface area (Å²) in [6, 6.07) is 79.1. The molecule has 0 N–H and O–H groups in total. The van der Waals surface area contributed by atoms with Crippen molar-refractivity contribution in [3.8, 4) is 89.5 Å². The zero-order valence-electron chi connectivity index (χ0n) is 60.5. The van der Waals surface area contributed by atoms with Crippen LogP contribution in [0.2, 0.25) is 0 Å². The third-order valence-corrected chi connectivity index (χ3v) is 15.8. The number of benzene rings is 8. The van der Waals surface area contributed by atoms with E-state index in [1.807, 2.05) is 121 Å². The van der Waals surface area contributed by atoms with Gasteiger partial charge in [0.15, 0.2) is 24.8 Å². The van der Waals surface area contributed by atoms with Gasteiger partial charge in [-0.2, -0.15) is 0 Å². The first-order chi connectivity index (χ1) is 45.0. The first-order valence-electron chi connectivity index (χ1n) is 33.7. The lowest BCUT2D eigenvalue weighted by Crippen LogP contribution is -2.31. The van der Waals surface area contributed by atoms with Gasteiger partial charge in [0.1, 0.15) is 28.2 Å². The maximum atomic E-state index is 7.67. The Morgan fingerprint density at radius 3 is 0.756 bits per heavy atom. The smallest absolute Gasteiger partial charge is 0.201 e. The monoisotopic (exact) mass is 1200 g/mol. The van der Waals surface area contributed by atoms with E-state index in [1.54, 1.807) is 24.7 Å². The lowest BCUT2D eigenvalue weighted by atomic mass is 9.97. The summed E-state index contributed by atoms with van der Waals surface area (Å²) in [4.78, 5) is 0. The van der Waals surface area contributed by atoms with Crippen molar-refractivity contribution >= 4 is 0 Å². The fraction of sp³-hybridized carbons (Fsp3) is 0.209. The lowest BCUT2D eigenvalue weighted by molar-refractivity contribution is -0.660. The molecule has 0 fully saturated rings. The summed E-state index contributed by atoms with van der Waals surface area (Å²) < 4.78 is 76.5. The molecule has 4 heteroatoms. The van der Waals surface area contributed by atoms with Crippen LogP contribution in [0, 0.1) is 69.0 Å². The molecule has 0 bridgehead atoms. The molecule has 0 saturated heterocycles. The van der Waals surface area contributed by atoms with Crippen LogP contribution in [-0.2, 0) is 28.2 Å². The van der Waals surface area contributed by atoms with Gasteiger partial charge in [0.05, 0.1) is 0 Å². The zero-order chi connectivity index (χ0) is 68.5. The van der Waals surface area contributed by atoms with Crippen LogP contribution in [0.25, 0.3) is 89.5 Å². The van der Waals surface area contributed by atoms with Crippen molar-refractivity contribution in [2.24, 2.45) is 28.2 Å². The van der Waals surface area contributed by atoms with Gasteiger partial charge in [0.25, 0.3) is 0 Å². The highest BCUT2D eigenvalue weighted by Gasteiger charge is 2.18. The van der Waals surface area contributed by atoms with Crippen LogP contribution in [0.15, 0.2) is 255 Å². The van der Waals surface area contributed by atoms with Gasteiger partial charge in [-0.15, -0.1) is 0 Å². The van der Waals surface area contributed by atoms with E-state index in [0.717, 1.165) is 61.6 Å². The van der Waals surface area contributed by atoms with Crippen LogP contribution in [0.4, 0.5) is 0 Å². The summed E-state index contributed by atoms with van der Waals surface area (Å²) in [5.74, 6) is 0. The highest BCUT2D eigenvalue weighted by molar-refractivity contribution is 5.75. The van der Waals surface area contributed by atoms with Crippen molar-refractivity contribution < 1.29 is 30.6 Å². The first kappa shape index (κ1) is 58.1. The minimum Gasteiger partial charge on any atom is -0.201 e. The van der Waals surface area contributed by atoms with Gasteiger partial charge >= 0.3 is 0 Å². The summed E-state index contributed by atoms with van der Waals surface area (Å²) in [6.07, 6.45) is 7.30. The van der Waals surface area contributed by atoms with Gasteiger partial charge < -0.3 is 0 Å². The minimum atomic E-state index is -2.09. The number of rotatable bonds is 8. The van der Waals surface area contributed by atoms with E-state index in [1.165, 1.54) is 66.9 Å². The molecular formula is C86H100N4+4. The van der Waals surface area contributed by atoms with E-state index in [-0.39, 0.29) is 29.7 Å². The predicted octanol–water partition coefficient (Wildman–Crippen LogP) is 21.0. The van der Waals surface area contributed by atoms with Gasteiger partial charge in [0, 0.05) is 81.1 Å². The van der Waals surface area contributed by atoms with Crippen molar-refractivity contribution in [1.82, 2.24) is 0 Å². The van der Waals surface area contributed by atoms with E-state index in [9.17, 15) is 0 Å². The van der Waals surface area contributed by atoms with E-state index in [4.69, 9.17) is 12.3 Å². The summed E-state index contributed by atoms with van der Waals surface area (Å²) in [5.41, 5.74) is 27.4. The molecule has 0 aliphatic carbocycles. The molecule has 90 heavy (non-hydrogen) atoms. The second-order valence-corrected chi connectivity index (χ2v) is 22.4. The van der Waals surface area contributed by atoms with Crippen molar-refractivity contribution in [1.29, 1.82) is 0 Å². The fourth-order valence-corrected chi connectivity index (χ4v) is 11.0. The number of pyridine rings is 4. The number of hydrogen-bond acceptors (Lipinski definition) is 0. The quantitative estimate of drug-likeness (QED) is 0.135. The lowest BCUT2D eigenvalue weighted by Gasteiger charge is -2.09. The molecule has 0 amide bonds. The molecule has 0 atom stereocenters. The molecular weight excluding hydrogens is 1090 g/mol. The molecule has 4 nitrogen and oxygen atoms in total. The molecule has 0 aliphatic heterocycles. The molecule has 12 aromatic rings. The van der Waals surface area contributed by atoms with Crippen LogP contribution >= 0.6 is 0 Å². The number of hydrogen-bond donors (Lipinski definition) is 0. The second kappa shape index (κ2) is 32.5. The van der Waals surface area contributed by atoms with Gasteiger partial charge in [-0.3, -0.25) is 0 Å². The molecule has 4 aromatic heterocycles. The van der Waals surface area contributed by atoms with Gasteiger partial charge in [-0.1, -0.05) is 200 Å². The Hall–Kier alpha value is -9.64. The van der Waals surface area contributed by atoms with Gasteiger partial charge in [0.2, 0.25) is 22.8 Å². The molecule has 8 aromatic carbocycles. The highest BCUT2D eigenvalue weighted by Crippen LogP contribution is 2.32. The minimum absolute atomic E-state index is 0. The summed E-state index contributed by atoms with van der Waals surface area (Å²) >= 11 is 0. The fourth-order valence-electron chi connectivity index (χ4n) is 11.0. The van der Waals surface area contributed by atoms with Crippen molar-refractivity contribution in [3.63, 3.8) is 0 Å². The average molecular weight is 1200 g/mol. The Labute approximate surface area is 555 Å². The Kier molecular flexibility index (Phi) is 21.0. The van der Waals surface area contributed by atoms with Crippen LogP contribution in [-0.4, -0.2) is 0 Å². The third kappa shape index (κ3) is 17.4. The van der Waals surface area contributed by atoms with Crippen LogP contribution in [0.1, 0.15) is 97.7 Å². The third-order valence-electron chi connectivity index (χ3n) is 15.8. The molecule has 0 spiro atoms. The normalized spacial score (nSPS) is 12.1. The van der Waals surface area contributed by atoms with E-state index < -0.39 is 20.6 Å². The molecule has 0 radical (unpaired) electrons. The first-order valence-corrected chi connectivity index (χ1v) is 29.2. The summed E-state index contributed by atoms with van der Waals surface area (Å²) in [7, 11) is 7.78. The van der Waals surface area contributed by atoms with E-state index in [2.05, 4.69) is 204 Å². The Bertz CT molecular complexity index is 4500. The van der Waals surface area contributed by atoms with Crippen LogP contribution < -0.4 is 18.3 Å². The Balaban J connectivity index is 0.000000235. The number of aryl methyl sites for hydroxylation is 14. The topological polar surface area (TPSA) is 15.5 Å². The maximum Gasteiger partial charge on any atom is 0.212 e. The number of aromatic nitrogens is 4. The average Bonchev–Trinajstić information content (AvgIpc) is 0.798. The molecule has 460 valence electrons. The molecule has 0 unspecified atom stereocenters. The van der Waals surface area contributed by atoms with Gasteiger partial charge in [-0.05, 0) is 183 Å². The maximum absolute atomic E-state index is 7.67. The van der Waals surface area contributed by atoms with Crippen LogP contribution in [0.5, 0.6) is 0 Å². The summed E-state index contributed by atoms with van der Waals surface area (Å²) in [6.45, 7) is 8.03. The zero-order valence-corrected chi connectivity index (χ0v) is 51.5. The highest BCUT2D eigenvalue weighted by atomic mass is 14.9. The number of nitrogens with zero attached hydrogens (tertiary/aromatic N) is 4. The van der Waals surface area contributed by atoms with Crippen LogP contribution in [0.3, 0.4) is 0 Å². The van der Waals surface area contributed by atoms with Gasteiger partial charge in [-0.25, -0.2) is 18.3 Å². The largest absolute Gasteiger partial charge is 0.212 e. The Morgan fingerprint density at radius 1 is 0.222 bits per heavy atom.